The van der Waals surface area contributed by atoms with Gasteiger partial charge in [-0.3, -0.25) is 9.59 Å². The molecule has 7 nitrogen and oxygen atoms in total. The Labute approximate surface area is 211 Å². The van der Waals surface area contributed by atoms with Crippen LogP contribution in [0.5, 0.6) is 0 Å². The maximum atomic E-state index is 12.9. The standard InChI is InChI=1S/C27H24F3N3O4/c1-2-37-24(34)16-33-13-12-19-14-18(8-11-23(19)25(33)35)17-6-9-21(10-7-17)31-26(36)32-22-5-3-4-20(15-22)27(28,29)30/h3-11,14-15H,2,12-13,16H2,1H3,(H2,31,32,36). The highest BCUT2D eigenvalue weighted by molar-refractivity contribution is 6.00. The summed E-state index contributed by atoms with van der Waals surface area (Å²) in [7, 11) is 0. The van der Waals surface area contributed by atoms with Crippen LogP contribution in [0.2, 0.25) is 0 Å². The Bertz CT molecular complexity index is 1320. The van der Waals surface area contributed by atoms with Gasteiger partial charge in [0.1, 0.15) is 6.54 Å². The molecule has 0 aliphatic carbocycles. The fourth-order valence-electron chi connectivity index (χ4n) is 4.04. The highest BCUT2D eigenvalue weighted by Crippen LogP contribution is 2.31. The van der Waals surface area contributed by atoms with Crippen LogP contribution in [-0.4, -0.2) is 42.5 Å². The summed E-state index contributed by atoms with van der Waals surface area (Å²) < 4.78 is 43.5. The second-order valence-electron chi connectivity index (χ2n) is 8.39. The van der Waals surface area contributed by atoms with E-state index in [0.29, 0.717) is 24.2 Å². The van der Waals surface area contributed by atoms with E-state index >= 15 is 0 Å². The number of carbonyl (C=O) groups is 3. The minimum atomic E-state index is -4.50. The number of anilines is 2. The number of halogens is 3. The number of carbonyl (C=O) groups excluding carboxylic acids is 3. The third kappa shape index (κ3) is 6.27. The number of fused-ring (bicyclic) bond motifs is 1. The second kappa shape index (κ2) is 10.7. The Morgan fingerprint density at radius 2 is 1.65 bits per heavy atom. The molecule has 0 aromatic heterocycles. The summed E-state index contributed by atoms with van der Waals surface area (Å²) in [4.78, 5) is 38.3. The molecule has 0 fully saturated rings. The number of benzene rings is 3. The first-order valence-electron chi connectivity index (χ1n) is 11.6. The molecule has 3 aromatic rings. The van der Waals surface area contributed by atoms with E-state index in [-0.39, 0.29) is 24.7 Å². The lowest BCUT2D eigenvalue weighted by Gasteiger charge is -2.28. The Morgan fingerprint density at radius 3 is 2.35 bits per heavy atom. The highest BCUT2D eigenvalue weighted by Gasteiger charge is 2.30. The number of rotatable bonds is 6. The van der Waals surface area contributed by atoms with Crippen molar-refractivity contribution in [2.75, 3.05) is 30.3 Å². The average Bonchev–Trinajstić information content (AvgIpc) is 2.86. The van der Waals surface area contributed by atoms with Crippen molar-refractivity contribution in [3.05, 3.63) is 83.4 Å². The largest absolute Gasteiger partial charge is 0.465 e. The van der Waals surface area contributed by atoms with E-state index in [4.69, 9.17) is 4.74 Å². The van der Waals surface area contributed by atoms with Crippen LogP contribution in [0, 0.1) is 0 Å². The molecular weight excluding hydrogens is 487 g/mol. The van der Waals surface area contributed by atoms with Crippen molar-refractivity contribution in [1.29, 1.82) is 0 Å². The first kappa shape index (κ1) is 25.7. The predicted octanol–water partition coefficient (Wildman–Crippen LogP) is 5.58. The van der Waals surface area contributed by atoms with Crippen molar-refractivity contribution in [2.24, 2.45) is 0 Å². The van der Waals surface area contributed by atoms with Crippen molar-refractivity contribution in [3.63, 3.8) is 0 Å². The Hall–Kier alpha value is -4.34. The van der Waals surface area contributed by atoms with E-state index in [1.165, 1.54) is 17.0 Å². The van der Waals surface area contributed by atoms with E-state index in [1.807, 2.05) is 12.1 Å². The number of alkyl halides is 3. The number of hydrogen-bond acceptors (Lipinski definition) is 4. The Balaban J connectivity index is 1.40. The van der Waals surface area contributed by atoms with Crippen molar-refractivity contribution in [1.82, 2.24) is 4.90 Å². The van der Waals surface area contributed by atoms with Crippen LogP contribution < -0.4 is 10.6 Å². The van der Waals surface area contributed by atoms with Gasteiger partial charge < -0.3 is 20.3 Å². The zero-order valence-corrected chi connectivity index (χ0v) is 19.9. The van der Waals surface area contributed by atoms with Crippen molar-refractivity contribution in [2.45, 2.75) is 19.5 Å². The minimum absolute atomic E-state index is 0.0216. The van der Waals surface area contributed by atoms with Crippen LogP contribution in [0.4, 0.5) is 29.3 Å². The van der Waals surface area contributed by atoms with Gasteiger partial charge in [0.15, 0.2) is 0 Å². The van der Waals surface area contributed by atoms with Crippen LogP contribution in [-0.2, 0) is 22.1 Å². The lowest BCUT2D eigenvalue weighted by Crippen LogP contribution is -2.41. The lowest BCUT2D eigenvalue weighted by molar-refractivity contribution is -0.144. The maximum absolute atomic E-state index is 12.9. The highest BCUT2D eigenvalue weighted by atomic mass is 19.4. The van der Waals surface area contributed by atoms with Crippen molar-refractivity contribution >= 4 is 29.3 Å². The lowest BCUT2D eigenvalue weighted by atomic mass is 9.94. The summed E-state index contributed by atoms with van der Waals surface area (Å²) in [5, 5.41) is 4.99. The number of amides is 3. The van der Waals surface area contributed by atoms with Gasteiger partial charge >= 0.3 is 18.2 Å². The second-order valence-corrected chi connectivity index (χ2v) is 8.39. The molecular formula is C27H24F3N3O4. The average molecular weight is 512 g/mol. The number of nitrogens with one attached hydrogen (secondary N) is 2. The smallest absolute Gasteiger partial charge is 0.416 e. The molecule has 3 aromatic carbocycles. The summed E-state index contributed by atoms with van der Waals surface area (Å²) in [5.41, 5.74) is 2.78. The molecule has 1 aliphatic heterocycles. The summed E-state index contributed by atoms with van der Waals surface area (Å²) >= 11 is 0. The molecule has 0 saturated carbocycles. The third-order valence-corrected chi connectivity index (χ3v) is 5.82. The number of esters is 1. The minimum Gasteiger partial charge on any atom is -0.465 e. The molecule has 0 bridgehead atoms. The van der Waals surface area contributed by atoms with Gasteiger partial charge in [0.25, 0.3) is 5.91 Å². The van der Waals surface area contributed by atoms with Crippen LogP contribution in [0.15, 0.2) is 66.7 Å². The van der Waals surface area contributed by atoms with E-state index < -0.39 is 23.7 Å². The maximum Gasteiger partial charge on any atom is 0.416 e. The molecule has 2 N–H and O–H groups in total. The van der Waals surface area contributed by atoms with E-state index in [0.717, 1.165) is 28.8 Å². The predicted molar refractivity (Wildman–Crippen MR) is 132 cm³/mol. The Kier molecular flexibility index (Phi) is 7.47. The number of nitrogens with zero attached hydrogens (tertiary/aromatic N) is 1. The normalized spacial score (nSPS) is 13.1. The molecule has 37 heavy (non-hydrogen) atoms. The van der Waals surface area contributed by atoms with Crippen molar-refractivity contribution in [3.8, 4) is 11.1 Å². The van der Waals surface area contributed by atoms with Gasteiger partial charge in [-0.1, -0.05) is 30.3 Å². The molecule has 0 spiro atoms. The number of ether oxygens (including phenoxy) is 1. The van der Waals surface area contributed by atoms with Gasteiger partial charge in [0.2, 0.25) is 0 Å². The fraction of sp³-hybridized carbons (Fsp3) is 0.222. The molecule has 0 radical (unpaired) electrons. The van der Waals surface area contributed by atoms with Crippen molar-refractivity contribution < 1.29 is 32.3 Å². The number of hydrogen-bond donors (Lipinski definition) is 2. The molecule has 4 rings (SSSR count). The first-order chi connectivity index (χ1) is 17.6. The van der Waals surface area contributed by atoms with Gasteiger partial charge in [-0.2, -0.15) is 13.2 Å². The monoisotopic (exact) mass is 511 g/mol. The molecule has 10 heteroatoms. The van der Waals surface area contributed by atoms with Gasteiger partial charge in [0.05, 0.1) is 12.2 Å². The Morgan fingerprint density at radius 1 is 0.946 bits per heavy atom. The molecule has 0 saturated heterocycles. The fourth-order valence-corrected chi connectivity index (χ4v) is 4.04. The summed E-state index contributed by atoms with van der Waals surface area (Å²) in [6.07, 6.45) is -3.90. The first-order valence-corrected chi connectivity index (χ1v) is 11.6. The number of urea groups is 1. The van der Waals surface area contributed by atoms with E-state index in [2.05, 4.69) is 10.6 Å². The molecule has 3 amide bonds. The third-order valence-electron chi connectivity index (χ3n) is 5.82. The van der Waals surface area contributed by atoms with Crippen LogP contribution in [0.25, 0.3) is 11.1 Å². The van der Waals surface area contributed by atoms with Crippen LogP contribution in [0.3, 0.4) is 0 Å². The molecule has 192 valence electrons. The van der Waals surface area contributed by atoms with Gasteiger partial charge in [-0.15, -0.1) is 0 Å². The van der Waals surface area contributed by atoms with E-state index in [9.17, 15) is 27.6 Å². The molecule has 0 atom stereocenters. The molecule has 1 heterocycles. The molecule has 1 aliphatic rings. The SMILES string of the molecule is CCOC(=O)CN1CCc2cc(-c3ccc(NC(=O)Nc4cccc(C(F)(F)F)c4)cc3)ccc2C1=O. The van der Waals surface area contributed by atoms with Crippen LogP contribution >= 0.6 is 0 Å². The topological polar surface area (TPSA) is 87.7 Å². The zero-order valence-electron chi connectivity index (χ0n) is 19.9. The summed E-state index contributed by atoms with van der Waals surface area (Å²) in [6.45, 7) is 2.31. The van der Waals surface area contributed by atoms with Crippen LogP contribution in [0.1, 0.15) is 28.4 Å². The van der Waals surface area contributed by atoms with Gasteiger partial charge in [0, 0.05) is 23.5 Å². The quantitative estimate of drug-likeness (QED) is 0.423. The summed E-state index contributed by atoms with van der Waals surface area (Å²) in [5.74, 6) is -0.652. The summed E-state index contributed by atoms with van der Waals surface area (Å²) in [6, 6.07) is 16.1. The molecule has 0 unspecified atom stereocenters. The van der Waals surface area contributed by atoms with E-state index in [1.54, 1.807) is 37.3 Å². The van der Waals surface area contributed by atoms with Gasteiger partial charge in [-0.25, -0.2) is 4.79 Å². The zero-order chi connectivity index (χ0) is 26.6. The van der Waals surface area contributed by atoms with Gasteiger partial charge in [-0.05, 0) is 66.4 Å².